The van der Waals surface area contributed by atoms with Gasteiger partial charge in [-0.25, -0.2) is 0 Å². The summed E-state index contributed by atoms with van der Waals surface area (Å²) in [5.41, 5.74) is 3.02. The molecule has 1 aromatic carbocycles. The fourth-order valence-corrected chi connectivity index (χ4v) is 4.25. The monoisotopic (exact) mass is 326 g/mol. The molecule has 128 valence electrons. The average Bonchev–Trinajstić information content (AvgIpc) is 2.88. The number of allylic oxidation sites excluding steroid dienone is 2. The van der Waals surface area contributed by atoms with Crippen LogP contribution in [0.2, 0.25) is 0 Å². The molecule has 0 radical (unpaired) electrons. The van der Waals surface area contributed by atoms with Crippen LogP contribution in [0.1, 0.15) is 57.1 Å². The minimum Gasteiger partial charge on any atom is -0.497 e. The molecule has 0 atom stereocenters. The third-order valence-electron chi connectivity index (χ3n) is 5.78. The summed E-state index contributed by atoms with van der Waals surface area (Å²) in [4.78, 5) is 25.0. The normalized spacial score (nSPS) is 21.4. The molecule has 3 rings (SSSR count). The van der Waals surface area contributed by atoms with Crippen LogP contribution >= 0.6 is 0 Å². The van der Waals surface area contributed by atoms with E-state index in [1.165, 1.54) is 16.7 Å². The first-order chi connectivity index (χ1) is 11.5. The molecular formula is C21H26O3. The van der Waals surface area contributed by atoms with Crippen molar-refractivity contribution in [3.05, 3.63) is 35.4 Å². The van der Waals surface area contributed by atoms with Crippen LogP contribution in [0.3, 0.4) is 0 Å². The molecule has 1 aromatic rings. The van der Waals surface area contributed by atoms with E-state index in [0.717, 1.165) is 25.0 Å². The van der Waals surface area contributed by atoms with Crippen molar-refractivity contribution < 1.29 is 14.3 Å². The van der Waals surface area contributed by atoms with Crippen molar-refractivity contribution in [3.8, 4) is 5.75 Å². The Kier molecular flexibility index (Phi) is 4.62. The molecule has 0 amide bonds. The SMILES string of the molecule is COc1ccc2c(c1)CCCC2=CCC1(C(C)C)C(=O)CCC1=O. The predicted molar refractivity (Wildman–Crippen MR) is 95.0 cm³/mol. The van der Waals surface area contributed by atoms with Crippen LogP contribution in [0.15, 0.2) is 24.3 Å². The molecule has 0 N–H and O–H groups in total. The number of carbonyl (C=O) groups excluding carboxylic acids is 2. The number of aryl methyl sites for hydroxylation is 1. The Morgan fingerprint density at radius 2 is 1.83 bits per heavy atom. The van der Waals surface area contributed by atoms with Crippen LogP contribution in [0.4, 0.5) is 0 Å². The molecule has 1 saturated carbocycles. The van der Waals surface area contributed by atoms with Crippen molar-refractivity contribution in [2.45, 2.75) is 52.4 Å². The van der Waals surface area contributed by atoms with Crippen LogP contribution < -0.4 is 4.74 Å². The Balaban J connectivity index is 1.93. The smallest absolute Gasteiger partial charge is 0.147 e. The second kappa shape index (κ2) is 6.54. The Morgan fingerprint density at radius 1 is 1.12 bits per heavy atom. The minimum atomic E-state index is -0.795. The number of ether oxygens (including phenoxy) is 1. The Bertz CT molecular complexity index is 681. The van der Waals surface area contributed by atoms with Crippen LogP contribution in [-0.4, -0.2) is 18.7 Å². The van der Waals surface area contributed by atoms with Crippen molar-refractivity contribution in [2.24, 2.45) is 11.3 Å². The summed E-state index contributed by atoms with van der Waals surface area (Å²) < 4.78 is 5.32. The zero-order valence-corrected chi connectivity index (χ0v) is 14.9. The van der Waals surface area contributed by atoms with Crippen LogP contribution in [-0.2, 0) is 16.0 Å². The summed E-state index contributed by atoms with van der Waals surface area (Å²) in [6.07, 6.45) is 6.69. The lowest BCUT2D eigenvalue weighted by atomic mass is 9.71. The fraction of sp³-hybridized carbons (Fsp3) is 0.524. The van der Waals surface area contributed by atoms with Gasteiger partial charge in [0.05, 0.1) is 12.5 Å². The quantitative estimate of drug-likeness (QED) is 0.771. The second-order valence-corrected chi connectivity index (χ2v) is 7.28. The van der Waals surface area contributed by atoms with Gasteiger partial charge in [-0.2, -0.15) is 0 Å². The lowest BCUT2D eigenvalue weighted by molar-refractivity contribution is -0.137. The van der Waals surface area contributed by atoms with E-state index < -0.39 is 5.41 Å². The zero-order valence-electron chi connectivity index (χ0n) is 14.9. The molecule has 2 aliphatic carbocycles. The van der Waals surface area contributed by atoms with Gasteiger partial charge in [-0.05, 0) is 60.4 Å². The minimum absolute atomic E-state index is 0.0516. The molecular weight excluding hydrogens is 300 g/mol. The highest BCUT2D eigenvalue weighted by atomic mass is 16.5. The van der Waals surface area contributed by atoms with Gasteiger partial charge in [-0.15, -0.1) is 0 Å². The number of fused-ring (bicyclic) bond motifs is 1. The van der Waals surface area contributed by atoms with Gasteiger partial charge in [0.15, 0.2) is 0 Å². The summed E-state index contributed by atoms with van der Waals surface area (Å²) in [5, 5.41) is 0. The fourth-order valence-electron chi connectivity index (χ4n) is 4.25. The molecule has 1 fully saturated rings. The number of ketones is 2. The van der Waals surface area contributed by atoms with Crippen molar-refractivity contribution in [1.29, 1.82) is 0 Å². The molecule has 0 aliphatic heterocycles. The molecule has 0 spiro atoms. The van der Waals surface area contributed by atoms with E-state index in [1.807, 2.05) is 19.9 Å². The van der Waals surface area contributed by atoms with Gasteiger partial charge in [0.25, 0.3) is 0 Å². The van der Waals surface area contributed by atoms with Gasteiger partial charge in [-0.1, -0.05) is 26.0 Å². The van der Waals surface area contributed by atoms with E-state index in [4.69, 9.17) is 4.74 Å². The summed E-state index contributed by atoms with van der Waals surface area (Å²) in [5.74, 6) is 1.20. The topological polar surface area (TPSA) is 43.4 Å². The molecule has 3 heteroatoms. The molecule has 0 unspecified atom stereocenters. The summed E-state index contributed by atoms with van der Waals surface area (Å²) in [6, 6.07) is 6.20. The molecule has 0 aromatic heterocycles. The molecule has 0 saturated heterocycles. The maximum Gasteiger partial charge on any atom is 0.147 e. The van der Waals surface area contributed by atoms with Crippen molar-refractivity contribution in [3.63, 3.8) is 0 Å². The third-order valence-corrected chi connectivity index (χ3v) is 5.78. The first-order valence-electron chi connectivity index (χ1n) is 8.92. The van der Waals surface area contributed by atoms with E-state index in [-0.39, 0.29) is 17.5 Å². The zero-order chi connectivity index (χ0) is 17.3. The third kappa shape index (κ3) is 2.70. The van der Waals surface area contributed by atoms with Crippen molar-refractivity contribution in [2.75, 3.05) is 7.11 Å². The maximum atomic E-state index is 12.5. The summed E-state index contributed by atoms with van der Waals surface area (Å²) >= 11 is 0. The highest BCUT2D eigenvalue weighted by Gasteiger charge is 2.50. The molecule has 0 heterocycles. The van der Waals surface area contributed by atoms with Gasteiger partial charge in [0.2, 0.25) is 0 Å². The van der Waals surface area contributed by atoms with E-state index in [0.29, 0.717) is 19.3 Å². The lowest BCUT2D eigenvalue weighted by Crippen LogP contribution is -2.37. The molecule has 24 heavy (non-hydrogen) atoms. The van der Waals surface area contributed by atoms with Crippen LogP contribution in [0.5, 0.6) is 5.75 Å². The summed E-state index contributed by atoms with van der Waals surface area (Å²) in [7, 11) is 1.69. The van der Waals surface area contributed by atoms with E-state index in [1.54, 1.807) is 7.11 Å². The van der Waals surface area contributed by atoms with Crippen LogP contribution in [0, 0.1) is 11.3 Å². The van der Waals surface area contributed by atoms with Gasteiger partial charge >= 0.3 is 0 Å². The highest BCUT2D eigenvalue weighted by molar-refractivity contribution is 6.13. The lowest BCUT2D eigenvalue weighted by Gasteiger charge is -2.30. The van der Waals surface area contributed by atoms with Gasteiger partial charge in [-0.3, -0.25) is 9.59 Å². The number of benzene rings is 1. The average molecular weight is 326 g/mol. The van der Waals surface area contributed by atoms with Gasteiger partial charge < -0.3 is 4.74 Å². The number of hydrogen-bond acceptors (Lipinski definition) is 3. The number of methoxy groups -OCH3 is 1. The van der Waals surface area contributed by atoms with Crippen molar-refractivity contribution in [1.82, 2.24) is 0 Å². The van der Waals surface area contributed by atoms with Gasteiger partial charge in [0.1, 0.15) is 17.3 Å². The summed E-state index contributed by atoms with van der Waals surface area (Å²) in [6.45, 7) is 4.00. The second-order valence-electron chi connectivity index (χ2n) is 7.28. The Morgan fingerprint density at radius 3 is 2.46 bits per heavy atom. The standard InChI is InChI=1S/C21H26O3/c1-14(2)21(19(22)9-10-20(21)23)12-11-15-5-4-6-16-13-17(24-3)7-8-18(15)16/h7-8,11,13-14H,4-6,9-10,12H2,1-3H3. The van der Waals surface area contributed by atoms with Crippen LogP contribution in [0.25, 0.3) is 5.57 Å². The van der Waals surface area contributed by atoms with Crippen molar-refractivity contribution >= 4 is 17.1 Å². The highest BCUT2D eigenvalue weighted by Crippen LogP contribution is 2.43. The Labute approximate surface area is 144 Å². The largest absolute Gasteiger partial charge is 0.497 e. The first-order valence-corrected chi connectivity index (χ1v) is 8.92. The molecule has 0 bridgehead atoms. The first kappa shape index (κ1) is 16.9. The van der Waals surface area contributed by atoms with E-state index >= 15 is 0 Å². The van der Waals surface area contributed by atoms with E-state index in [9.17, 15) is 9.59 Å². The number of hydrogen-bond donors (Lipinski definition) is 0. The number of rotatable bonds is 4. The van der Waals surface area contributed by atoms with E-state index in [2.05, 4.69) is 18.2 Å². The predicted octanol–water partition coefficient (Wildman–Crippen LogP) is 4.38. The number of Topliss-reactive ketones (excluding diaryl/α,β-unsaturated/α-hetero) is 2. The number of carbonyl (C=O) groups is 2. The molecule has 3 nitrogen and oxygen atoms in total. The maximum absolute atomic E-state index is 12.5. The Hall–Kier alpha value is -1.90. The van der Waals surface area contributed by atoms with Gasteiger partial charge in [0, 0.05) is 12.8 Å². The molecule has 2 aliphatic rings.